The van der Waals surface area contributed by atoms with Crippen LogP contribution in [0.2, 0.25) is 0 Å². The molecule has 1 N–H and O–H groups in total. The van der Waals surface area contributed by atoms with Gasteiger partial charge in [0.25, 0.3) is 0 Å². The van der Waals surface area contributed by atoms with Gasteiger partial charge in [-0.2, -0.15) is 5.10 Å². The number of ether oxygens (including phenoxy) is 1. The first-order valence-corrected chi connectivity index (χ1v) is 9.53. The number of aromatic nitrogens is 2. The molecule has 0 bridgehead atoms. The van der Waals surface area contributed by atoms with E-state index in [0.29, 0.717) is 24.5 Å². The van der Waals surface area contributed by atoms with Crippen molar-refractivity contribution in [2.75, 3.05) is 19.6 Å². The van der Waals surface area contributed by atoms with E-state index >= 15 is 0 Å². The Morgan fingerprint density at radius 2 is 1.88 bits per heavy atom. The maximum absolute atomic E-state index is 12.4. The minimum absolute atomic E-state index is 0.00455. The topological polar surface area (TPSA) is 93.5 Å². The highest BCUT2D eigenvalue weighted by molar-refractivity contribution is 7.89. The largest absolute Gasteiger partial charge is 0.372 e. The third-order valence-electron chi connectivity index (χ3n) is 4.11. The summed E-state index contributed by atoms with van der Waals surface area (Å²) in [5, 5.41) is 4.12. The number of carbonyl (C=O) groups excluding carboxylic acids is 1. The fourth-order valence-corrected chi connectivity index (χ4v) is 4.51. The van der Waals surface area contributed by atoms with Gasteiger partial charge >= 0.3 is 0 Å². The highest BCUT2D eigenvalue weighted by Crippen LogP contribution is 2.18. The van der Waals surface area contributed by atoms with E-state index in [1.54, 1.807) is 25.8 Å². The number of morpholine rings is 1. The van der Waals surface area contributed by atoms with Gasteiger partial charge in [0.15, 0.2) is 0 Å². The molecule has 0 saturated carbocycles. The minimum atomic E-state index is -3.68. The predicted octanol–water partition coefficient (Wildman–Crippen LogP) is 0.341. The minimum Gasteiger partial charge on any atom is -0.372 e. The van der Waals surface area contributed by atoms with Crippen LogP contribution < -0.4 is 4.72 Å². The molecule has 1 amide bonds. The van der Waals surface area contributed by atoms with Crippen LogP contribution in [0.25, 0.3) is 0 Å². The summed E-state index contributed by atoms with van der Waals surface area (Å²) in [5.41, 5.74) is 1.02. The molecule has 24 heavy (non-hydrogen) atoms. The standard InChI is InChI=1S/C15H26N4O4S/c1-10-8-19(9-11(2)23-10)14(20)6-7-16-24(21,22)15-12(3)17-18(5)13(15)4/h10-11,16H,6-9H2,1-5H3/t10-,11-/m0/s1. The normalized spacial score (nSPS) is 22.0. The SMILES string of the molecule is Cc1nn(C)c(C)c1S(=O)(=O)NCCC(=O)N1C[C@H](C)O[C@@H](C)C1. The van der Waals surface area contributed by atoms with Crippen molar-refractivity contribution in [1.82, 2.24) is 19.4 Å². The lowest BCUT2D eigenvalue weighted by molar-refractivity contribution is -0.143. The number of rotatable bonds is 5. The van der Waals surface area contributed by atoms with Gasteiger partial charge in [-0.3, -0.25) is 9.48 Å². The average Bonchev–Trinajstić information content (AvgIpc) is 2.71. The second-order valence-electron chi connectivity index (χ2n) is 6.33. The van der Waals surface area contributed by atoms with Crippen molar-refractivity contribution in [3.63, 3.8) is 0 Å². The zero-order valence-electron chi connectivity index (χ0n) is 14.9. The molecule has 0 aliphatic carbocycles. The van der Waals surface area contributed by atoms with Crippen LogP contribution in [0.15, 0.2) is 4.90 Å². The number of nitrogens with zero attached hydrogens (tertiary/aromatic N) is 3. The van der Waals surface area contributed by atoms with E-state index in [0.717, 1.165) is 0 Å². The van der Waals surface area contributed by atoms with E-state index < -0.39 is 10.0 Å². The Hall–Kier alpha value is -1.45. The molecule has 1 fully saturated rings. The number of nitrogens with one attached hydrogen (secondary N) is 1. The van der Waals surface area contributed by atoms with E-state index in [9.17, 15) is 13.2 Å². The Morgan fingerprint density at radius 3 is 2.38 bits per heavy atom. The van der Waals surface area contributed by atoms with E-state index in [4.69, 9.17) is 4.74 Å². The van der Waals surface area contributed by atoms with Gasteiger partial charge in [-0.15, -0.1) is 0 Å². The molecule has 0 aromatic carbocycles. The van der Waals surface area contributed by atoms with E-state index in [-0.39, 0.29) is 36.0 Å². The van der Waals surface area contributed by atoms with Crippen LogP contribution in [0.1, 0.15) is 31.7 Å². The summed E-state index contributed by atoms with van der Waals surface area (Å²) in [5.74, 6) is -0.0701. The van der Waals surface area contributed by atoms with Gasteiger partial charge in [-0.05, 0) is 27.7 Å². The summed E-state index contributed by atoms with van der Waals surface area (Å²) in [7, 11) is -1.98. The van der Waals surface area contributed by atoms with Gasteiger partial charge in [0.1, 0.15) is 4.90 Å². The van der Waals surface area contributed by atoms with Gasteiger partial charge in [-0.25, -0.2) is 13.1 Å². The summed E-state index contributed by atoms with van der Waals surface area (Å²) in [6.07, 6.45) is 0.113. The molecule has 2 heterocycles. The second kappa shape index (κ2) is 7.20. The van der Waals surface area contributed by atoms with Crippen LogP contribution in [-0.4, -0.2) is 60.8 Å². The first-order chi connectivity index (χ1) is 11.1. The maximum atomic E-state index is 12.4. The van der Waals surface area contributed by atoms with E-state index in [2.05, 4.69) is 9.82 Å². The van der Waals surface area contributed by atoms with Crippen LogP contribution >= 0.6 is 0 Å². The molecule has 1 aliphatic rings. The average molecular weight is 358 g/mol. The lowest BCUT2D eigenvalue weighted by Gasteiger charge is -2.35. The molecule has 1 aliphatic heterocycles. The Balaban J connectivity index is 1.94. The quantitative estimate of drug-likeness (QED) is 0.819. The van der Waals surface area contributed by atoms with Gasteiger partial charge < -0.3 is 9.64 Å². The lowest BCUT2D eigenvalue weighted by atomic mass is 10.2. The Labute approximate surface area is 143 Å². The van der Waals surface area contributed by atoms with Gasteiger partial charge in [0.2, 0.25) is 15.9 Å². The van der Waals surface area contributed by atoms with Crippen molar-refractivity contribution >= 4 is 15.9 Å². The summed E-state index contributed by atoms with van der Waals surface area (Å²) >= 11 is 0. The second-order valence-corrected chi connectivity index (χ2v) is 8.03. The molecular formula is C15H26N4O4S. The number of sulfonamides is 1. The molecule has 9 heteroatoms. The fraction of sp³-hybridized carbons (Fsp3) is 0.733. The zero-order valence-corrected chi connectivity index (χ0v) is 15.7. The number of amides is 1. The number of carbonyl (C=O) groups is 1. The first-order valence-electron chi connectivity index (χ1n) is 8.05. The van der Waals surface area contributed by atoms with Crippen molar-refractivity contribution in [2.45, 2.75) is 51.2 Å². The smallest absolute Gasteiger partial charge is 0.244 e. The predicted molar refractivity (Wildman–Crippen MR) is 89.1 cm³/mol. The molecule has 1 aromatic heterocycles. The van der Waals surface area contributed by atoms with Gasteiger partial charge in [0, 0.05) is 33.1 Å². The molecule has 0 unspecified atom stereocenters. The van der Waals surface area contributed by atoms with Crippen LogP contribution in [0.4, 0.5) is 0 Å². The third kappa shape index (κ3) is 4.14. The third-order valence-corrected chi connectivity index (χ3v) is 5.83. The molecule has 2 rings (SSSR count). The molecule has 2 atom stereocenters. The molecular weight excluding hydrogens is 332 g/mol. The Bertz CT molecular complexity index is 703. The van der Waals surface area contributed by atoms with Crippen molar-refractivity contribution in [3.05, 3.63) is 11.4 Å². The highest BCUT2D eigenvalue weighted by Gasteiger charge is 2.27. The molecule has 1 saturated heterocycles. The van der Waals surface area contributed by atoms with Crippen LogP contribution in [0.3, 0.4) is 0 Å². The van der Waals surface area contributed by atoms with Crippen LogP contribution in [0, 0.1) is 13.8 Å². The highest BCUT2D eigenvalue weighted by atomic mass is 32.2. The summed E-state index contributed by atoms with van der Waals surface area (Å²) < 4.78 is 34.5. The number of hydrogen-bond donors (Lipinski definition) is 1. The summed E-state index contributed by atoms with van der Waals surface area (Å²) in [4.78, 5) is 14.2. The van der Waals surface area contributed by atoms with Crippen LogP contribution in [0.5, 0.6) is 0 Å². The molecule has 1 aromatic rings. The molecule has 0 radical (unpaired) electrons. The van der Waals surface area contributed by atoms with E-state index in [1.807, 2.05) is 13.8 Å². The Kier molecular flexibility index (Phi) is 5.67. The van der Waals surface area contributed by atoms with Gasteiger partial charge in [0.05, 0.1) is 23.6 Å². The lowest BCUT2D eigenvalue weighted by Crippen LogP contribution is -2.48. The Morgan fingerprint density at radius 1 is 1.29 bits per heavy atom. The zero-order chi connectivity index (χ0) is 18.1. The van der Waals surface area contributed by atoms with Crippen LogP contribution in [-0.2, 0) is 26.6 Å². The van der Waals surface area contributed by atoms with Crippen molar-refractivity contribution in [2.24, 2.45) is 7.05 Å². The first kappa shape index (κ1) is 18.9. The summed E-state index contributed by atoms with van der Waals surface area (Å²) in [6, 6.07) is 0. The fourth-order valence-electron chi connectivity index (χ4n) is 3.05. The van der Waals surface area contributed by atoms with E-state index in [1.165, 1.54) is 4.68 Å². The number of aryl methyl sites for hydroxylation is 2. The molecule has 0 spiro atoms. The van der Waals surface area contributed by atoms with Crippen molar-refractivity contribution < 1.29 is 17.9 Å². The molecule has 136 valence electrons. The maximum Gasteiger partial charge on any atom is 0.244 e. The van der Waals surface area contributed by atoms with Gasteiger partial charge in [-0.1, -0.05) is 0 Å². The number of hydrogen-bond acceptors (Lipinski definition) is 5. The van der Waals surface area contributed by atoms with Crippen molar-refractivity contribution in [3.8, 4) is 0 Å². The summed E-state index contributed by atoms with van der Waals surface area (Å²) in [6.45, 7) is 8.35. The monoisotopic (exact) mass is 358 g/mol. The van der Waals surface area contributed by atoms with Crippen molar-refractivity contribution in [1.29, 1.82) is 0 Å². The molecule has 8 nitrogen and oxygen atoms in total.